The predicted octanol–water partition coefficient (Wildman–Crippen LogP) is 4.03. The highest BCUT2D eigenvalue weighted by Crippen LogP contribution is 2.77. The standard InChI is InChI=1S/C15H8Cl6N2O2/c16-9-10(17)14(19)8-7(13(9,18)15(14,20)21)11(24)23(12(8)25)5-6-3-1-2-4-22-6/h1-4,7-8H,5H2/t7-,8+,13-,14+. The molecular weight excluding hydrogens is 453 g/mol. The number of halogens is 6. The smallest absolute Gasteiger partial charge is 0.235 e. The Hall–Kier alpha value is -0.230. The first kappa shape index (κ1) is 18.1. The van der Waals surface area contributed by atoms with Crippen molar-refractivity contribution in [1.29, 1.82) is 0 Å². The zero-order valence-corrected chi connectivity index (χ0v) is 16.7. The topological polar surface area (TPSA) is 50.3 Å². The van der Waals surface area contributed by atoms with Crippen LogP contribution in [-0.4, -0.2) is 35.8 Å². The first-order valence-corrected chi connectivity index (χ1v) is 9.44. The lowest BCUT2D eigenvalue weighted by molar-refractivity contribution is -0.141. The Morgan fingerprint density at radius 1 is 0.960 bits per heavy atom. The van der Waals surface area contributed by atoms with Crippen molar-refractivity contribution in [1.82, 2.24) is 9.88 Å². The van der Waals surface area contributed by atoms with Gasteiger partial charge in [-0.1, -0.05) is 52.5 Å². The van der Waals surface area contributed by atoms with Crippen molar-refractivity contribution in [2.45, 2.75) is 20.6 Å². The second-order valence-electron chi connectivity index (χ2n) is 6.16. The summed E-state index contributed by atoms with van der Waals surface area (Å²) in [4.78, 5) is 27.6. The maximum Gasteiger partial charge on any atom is 0.235 e. The number of hydrogen-bond donors (Lipinski definition) is 0. The Morgan fingerprint density at radius 3 is 1.92 bits per heavy atom. The van der Waals surface area contributed by atoms with E-state index in [0.717, 1.165) is 4.90 Å². The maximum atomic E-state index is 13.0. The molecule has 3 aliphatic rings. The monoisotopic (exact) mass is 458 g/mol. The molecule has 2 aliphatic carbocycles. The summed E-state index contributed by atoms with van der Waals surface area (Å²) in [5, 5.41) is -0.198. The molecule has 0 unspecified atom stereocenters. The quantitative estimate of drug-likeness (QED) is 0.494. The second kappa shape index (κ2) is 5.40. The Balaban J connectivity index is 1.81. The molecule has 0 radical (unpaired) electrons. The van der Waals surface area contributed by atoms with Crippen LogP contribution in [0.15, 0.2) is 34.5 Å². The van der Waals surface area contributed by atoms with E-state index in [-0.39, 0.29) is 16.6 Å². The highest BCUT2D eigenvalue weighted by atomic mass is 35.5. The van der Waals surface area contributed by atoms with Crippen molar-refractivity contribution in [2.24, 2.45) is 11.8 Å². The first-order chi connectivity index (χ1) is 11.6. The molecule has 10 heteroatoms. The van der Waals surface area contributed by atoms with Gasteiger partial charge in [0, 0.05) is 6.20 Å². The molecule has 2 fully saturated rings. The van der Waals surface area contributed by atoms with Gasteiger partial charge in [-0.25, -0.2) is 0 Å². The van der Waals surface area contributed by atoms with Gasteiger partial charge in [-0.2, -0.15) is 0 Å². The third-order valence-electron chi connectivity index (χ3n) is 5.05. The van der Waals surface area contributed by atoms with Gasteiger partial charge < -0.3 is 0 Å². The molecule has 1 aliphatic heterocycles. The molecule has 25 heavy (non-hydrogen) atoms. The molecule has 0 spiro atoms. The highest BCUT2D eigenvalue weighted by molar-refractivity contribution is 6.66. The zero-order valence-electron chi connectivity index (χ0n) is 12.1. The number of alkyl halides is 4. The average Bonchev–Trinajstić information content (AvgIpc) is 2.95. The molecule has 2 heterocycles. The fourth-order valence-corrected chi connectivity index (χ4v) is 6.79. The van der Waals surface area contributed by atoms with E-state index in [1.165, 1.54) is 0 Å². The summed E-state index contributed by atoms with van der Waals surface area (Å²) in [6.07, 6.45) is 1.56. The molecule has 1 aromatic heterocycles. The van der Waals surface area contributed by atoms with E-state index in [4.69, 9.17) is 69.6 Å². The van der Waals surface area contributed by atoms with Crippen LogP contribution in [0.4, 0.5) is 0 Å². The largest absolute Gasteiger partial charge is 0.276 e. The summed E-state index contributed by atoms with van der Waals surface area (Å²) < 4.78 is -1.91. The van der Waals surface area contributed by atoms with Gasteiger partial charge in [0.25, 0.3) is 0 Å². The van der Waals surface area contributed by atoms with Crippen LogP contribution in [0, 0.1) is 11.8 Å². The van der Waals surface area contributed by atoms with Gasteiger partial charge in [0.1, 0.15) is 9.75 Å². The van der Waals surface area contributed by atoms with E-state index >= 15 is 0 Å². The van der Waals surface area contributed by atoms with Gasteiger partial charge in [0.15, 0.2) is 4.33 Å². The van der Waals surface area contributed by atoms with Crippen LogP contribution in [0.1, 0.15) is 5.69 Å². The molecule has 0 aromatic carbocycles. The number of carbonyl (C=O) groups is 2. The van der Waals surface area contributed by atoms with Crippen LogP contribution in [-0.2, 0) is 16.1 Å². The Kier molecular flexibility index (Phi) is 3.92. The SMILES string of the molecule is O=C1[C@@H]2[C@H](C(=O)N1Cc1ccccn1)[C@@]1(Cl)C(Cl)=C(Cl)[C@]2(Cl)C1(Cl)Cl. The summed E-state index contributed by atoms with van der Waals surface area (Å²) in [5.41, 5.74) is 0.539. The van der Waals surface area contributed by atoms with E-state index in [2.05, 4.69) is 4.98 Å². The lowest BCUT2D eigenvalue weighted by atomic mass is 9.84. The number of rotatable bonds is 2. The number of imide groups is 1. The minimum Gasteiger partial charge on any atom is -0.276 e. The van der Waals surface area contributed by atoms with E-state index in [0.29, 0.717) is 5.69 Å². The highest BCUT2D eigenvalue weighted by Gasteiger charge is 2.87. The molecule has 4 rings (SSSR count). The fraction of sp³-hybridized carbons (Fsp3) is 0.400. The molecular formula is C15H8Cl6N2O2. The van der Waals surface area contributed by atoms with Gasteiger partial charge >= 0.3 is 0 Å². The Morgan fingerprint density at radius 2 is 1.48 bits per heavy atom. The molecule has 2 amide bonds. The van der Waals surface area contributed by atoms with Crippen molar-refractivity contribution in [3.63, 3.8) is 0 Å². The van der Waals surface area contributed by atoms with Gasteiger partial charge in [-0.3, -0.25) is 19.5 Å². The summed E-state index contributed by atoms with van der Waals surface area (Å²) in [7, 11) is 0. The normalized spacial score (nSPS) is 38.7. The first-order valence-electron chi connectivity index (χ1n) is 7.17. The Labute approximate surface area is 172 Å². The lowest BCUT2D eigenvalue weighted by Crippen LogP contribution is -2.49. The number of allylic oxidation sites excluding steroid dienone is 2. The molecule has 0 N–H and O–H groups in total. The minimum atomic E-state index is -1.91. The van der Waals surface area contributed by atoms with Gasteiger partial charge in [-0.05, 0) is 12.1 Å². The fourth-order valence-electron chi connectivity index (χ4n) is 3.86. The van der Waals surface area contributed by atoms with E-state index in [9.17, 15) is 9.59 Å². The molecule has 1 saturated heterocycles. The summed E-state index contributed by atoms with van der Waals surface area (Å²) in [5.74, 6) is -3.31. The summed E-state index contributed by atoms with van der Waals surface area (Å²) >= 11 is 38.5. The van der Waals surface area contributed by atoms with Crippen molar-refractivity contribution in [2.75, 3.05) is 0 Å². The second-order valence-corrected chi connectivity index (χ2v) is 9.44. The van der Waals surface area contributed by atoms with Gasteiger partial charge in [0.2, 0.25) is 11.8 Å². The minimum absolute atomic E-state index is 0.0156. The zero-order chi connectivity index (χ0) is 18.4. The lowest BCUT2D eigenvalue weighted by Gasteiger charge is -2.34. The molecule has 4 nitrogen and oxygen atoms in total. The van der Waals surface area contributed by atoms with Crippen LogP contribution in [0.5, 0.6) is 0 Å². The number of aromatic nitrogens is 1. The number of pyridine rings is 1. The number of carbonyl (C=O) groups excluding carboxylic acids is 2. The van der Waals surface area contributed by atoms with Gasteiger partial charge in [0.05, 0.1) is 34.1 Å². The van der Waals surface area contributed by atoms with Crippen molar-refractivity contribution in [3.8, 4) is 0 Å². The van der Waals surface area contributed by atoms with Crippen LogP contribution in [0.3, 0.4) is 0 Å². The van der Waals surface area contributed by atoms with Crippen LogP contribution >= 0.6 is 69.6 Å². The van der Waals surface area contributed by atoms with Gasteiger partial charge in [-0.15, -0.1) is 23.2 Å². The molecule has 132 valence electrons. The molecule has 1 aromatic rings. The predicted molar refractivity (Wildman–Crippen MR) is 97.1 cm³/mol. The number of hydrogen-bond acceptors (Lipinski definition) is 3. The molecule has 4 atom stereocenters. The number of fused-ring (bicyclic) bond motifs is 5. The summed E-state index contributed by atoms with van der Waals surface area (Å²) in [6.45, 7) is -0.0156. The maximum absolute atomic E-state index is 13.0. The third-order valence-corrected chi connectivity index (χ3v) is 9.31. The Bertz CT molecular complexity index is 798. The van der Waals surface area contributed by atoms with Crippen molar-refractivity contribution >= 4 is 81.4 Å². The van der Waals surface area contributed by atoms with E-state index in [1.807, 2.05) is 0 Å². The third kappa shape index (κ3) is 1.86. The van der Waals surface area contributed by atoms with Crippen LogP contribution in [0.25, 0.3) is 0 Å². The van der Waals surface area contributed by atoms with Crippen molar-refractivity contribution in [3.05, 3.63) is 40.2 Å². The number of nitrogens with zero attached hydrogens (tertiary/aromatic N) is 2. The number of amides is 2. The van der Waals surface area contributed by atoms with E-state index < -0.39 is 37.7 Å². The van der Waals surface area contributed by atoms with Crippen LogP contribution in [0.2, 0.25) is 0 Å². The molecule has 1 saturated carbocycles. The van der Waals surface area contributed by atoms with Crippen LogP contribution < -0.4 is 0 Å². The van der Waals surface area contributed by atoms with E-state index in [1.54, 1.807) is 24.4 Å². The molecule has 2 bridgehead atoms. The van der Waals surface area contributed by atoms with Crippen molar-refractivity contribution < 1.29 is 9.59 Å². The number of likely N-dealkylation sites (tertiary alicyclic amines) is 1. The summed E-state index contributed by atoms with van der Waals surface area (Å²) in [6, 6.07) is 5.18. The average molecular weight is 461 g/mol.